The fourth-order valence-corrected chi connectivity index (χ4v) is 1.81. The molecule has 0 bridgehead atoms. The van der Waals surface area contributed by atoms with Gasteiger partial charge in [-0.2, -0.15) is 0 Å². The molecule has 2 N–H and O–H groups in total. The standard InChI is InChI=1S/C13H18BrNO3/c1-3-6-15-13(17)8-18-12-5-4-10(14)7-11(12)9(2)16/h4-5,7,9,16H,3,6,8H2,1-2H3,(H,15,17). The first-order chi connectivity index (χ1) is 8.54. The summed E-state index contributed by atoms with van der Waals surface area (Å²) in [5, 5.41) is 12.4. The number of hydrogen-bond donors (Lipinski definition) is 2. The Balaban J connectivity index is 2.64. The lowest BCUT2D eigenvalue weighted by Gasteiger charge is -2.13. The maximum atomic E-state index is 11.4. The highest BCUT2D eigenvalue weighted by Gasteiger charge is 2.11. The Bertz CT molecular complexity index is 407. The minimum Gasteiger partial charge on any atom is -0.483 e. The molecule has 18 heavy (non-hydrogen) atoms. The van der Waals surface area contributed by atoms with E-state index in [9.17, 15) is 9.90 Å². The Kier molecular flexibility index (Phi) is 6.15. The molecule has 0 aliphatic heterocycles. The molecule has 0 saturated heterocycles. The maximum absolute atomic E-state index is 11.4. The van der Waals surface area contributed by atoms with Gasteiger partial charge in [0.15, 0.2) is 6.61 Å². The van der Waals surface area contributed by atoms with Crippen LogP contribution in [0, 0.1) is 0 Å². The first-order valence-corrected chi connectivity index (χ1v) is 6.71. The summed E-state index contributed by atoms with van der Waals surface area (Å²) in [7, 11) is 0. The Hall–Kier alpha value is -1.07. The summed E-state index contributed by atoms with van der Waals surface area (Å²) in [6.45, 7) is 4.25. The number of hydrogen-bond acceptors (Lipinski definition) is 3. The van der Waals surface area contributed by atoms with Gasteiger partial charge in [-0.05, 0) is 31.5 Å². The zero-order chi connectivity index (χ0) is 13.5. The highest BCUT2D eigenvalue weighted by Crippen LogP contribution is 2.28. The van der Waals surface area contributed by atoms with Gasteiger partial charge in [-0.3, -0.25) is 4.79 Å². The van der Waals surface area contributed by atoms with Gasteiger partial charge >= 0.3 is 0 Å². The Morgan fingerprint density at radius 1 is 1.56 bits per heavy atom. The average molecular weight is 316 g/mol. The molecule has 1 aromatic carbocycles. The molecule has 0 spiro atoms. The van der Waals surface area contributed by atoms with Gasteiger partial charge in [0.05, 0.1) is 6.10 Å². The van der Waals surface area contributed by atoms with Crippen LogP contribution in [0.1, 0.15) is 31.9 Å². The third-order valence-corrected chi connectivity index (χ3v) is 2.85. The number of nitrogens with one attached hydrogen (secondary N) is 1. The molecule has 0 radical (unpaired) electrons. The number of amides is 1. The molecule has 1 rings (SSSR count). The first kappa shape index (κ1) is 15.0. The molecule has 0 aliphatic rings. The molecule has 5 heteroatoms. The molecule has 1 unspecified atom stereocenters. The van der Waals surface area contributed by atoms with Crippen molar-refractivity contribution < 1.29 is 14.6 Å². The van der Waals surface area contributed by atoms with Crippen molar-refractivity contribution in [3.8, 4) is 5.75 Å². The first-order valence-electron chi connectivity index (χ1n) is 5.91. The number of ether oxygens (including phenoxy) is 1. The summed E-state index contributed by atoms with van der Waals surface area (Å²) < 4.78 is 6.28. The number of benzene rings is 1. The Morgan fingerprint density at radius 2 is 2.28 bits per heavy atom. The van der Waals surface area contributed by atoms with Crippen LogP contribution in [0.2, 0.25) is 0 Å². The predicted octanol–water partition coefficient (Wildman–Crippen LogP) is 2.41. The highest BCUT2D eigenvalue weighted by molar-refractivity contribution is 9.10. The molecule has 4 nitrogen and oxygen atoms in total. The molecule has 0 heterocycles. The zero-order valence-electron chi connectivity index (χ0n) is 10.6. The largest absolute Gasteiger partial charge is 0.483 e. The van der Waals surface area contributed by atoms with Crippen molar-refractivity contribution in [3.05, 3.63) is 28.2 Å². The van der Waals surface area contributed by atoms with Crippen molar-refractivity contribution in [1.29, 1.82) is 0 Å². The van der Waals surface area contributed by atoms with Crippen molar-refractivity contribution in [2.45, 2.75) is 26.4 Å². The van der Waals surface area contributed by atoms with Crippen LogP contribution in [0.4, 0.5) is 0 Å². The molecule has 100 valence electrons. The summed E-state index contributed by atoms with van der Waals surface area (Å²) in [5.41, 5.74) is 0.660. The van der Waals surface area contributed by atoms with Gasteiger partial charge in [-0.1, -0.05) is 22.9 Å². The van der Waals surface area contributed by atoms with E-state index in [-0.39, 0.29) is 12.5 Å². The lowest BCUT2D eigenvalue weighted by atomic mass is 10.1. The lowest BCUT2D eigenvalue weighted by Crippen LogP contribution is -2.29. The van der Waals surface area contributed by atoms with Crippen LogP contribution in [0.5, 0.6) is 5.75 Å². The predicted molar refractivity (Wildman–Crippen MR) is 73.6 cm³/mol. The van der Waals surface area contributed by atoms with E-state index in [1.54, 1.807) is 19.1 Å². The molecule has 1 aromatic rings. The number of aliphatic hydroxyl groups excluding tert-OH is 1. The van der Waals surface area contributed by atoms with E-state index in [1.807, 2.05) is 13.0 Å². The normalized spacial score (nSPS) is 12.0. The quantitative estimate of drug-likeness (QED) is 0.847. The minimum atomic E-state index is -0.642. The third kappa shape index (κ3) is 4.66. The van der Waals surface area contributed by atoms with Gasteiger partial charge in [0.2, 0.25) is 0 Å². The summed E-state index contributed by atoms with van der Waals surface area (Å²) in [6, 6.07) is 5.33. The van der Waals surface area contributed by atoms with Gasteiger partial charge < -0.3 is 15.2 Å². The van der Waals surface area contributed by atoms with Crippen molar-refractivity contribution in [3.63, 3.8) is 0 Å². The molecule has 0 fully saturated rings. The van der Waals surface area contributed by atoms with Crippen molar-refractivity contribution in [2.24, 2.45) is 0 Å². The van der Waals surface area contributed by atoms with Gasteiger partial charge in [0, 0.05) is 16.6 Å². The second-order valence-corrected chi connectivity index (χ2v) is 4.91. The second-order valence-electron chi connectivity index (χ2n) is 4.00. The topological polar surface area (TPSA) is 58.6 Å². The van der Waals surface area contributed by atoms with Crippen LogP contribution in [0.15, 0.2) is 22.7 Å². The van der Waals surface area contributed by atoms with E-state index in [4.69, 9.17) is 4.74 Å². The molecular weight excluding hydrogens is 298 g/mol. The third-order valence-electron chi connectivity index (χ3n) is 2.35. The average Bonchev–Trinajstić information content (AvgIpc) is 2.34. The number of carbonyl (C=O) groups excluding carboxylic acids is 1. The molecule has 0 aliphatic carbocycles. The van der Waals surface area contributed by atoms with Crippen LogP contribution in [-0.4, -0.2) is 24.2 Å². The Morgan fingerprint density at radius 3 is 2.89 bits per heavy atom. The number of carbonyl (C=O) groups is 1. The van der Waals surface area contributed by atoms with E-state index in [2.05, 4.69) is 21.2 Å². The number of halogens is 1. The summed E-state index contributed by atoms with van der Waals surface area (Å²) >= 11 is 3.33. The minimum absolute atomic E-state index is 0.0403. The van der Waals surface area contributed by atoms with E-state index in [0.29, 0.717) is 17.9 Å². The SMILES string of the molecule is CCCNC(=O)COc1ccc(Br)cc1C(C)O. The van der Waals surface area contributed by atoms with Gasteiger partial charge in [-0.15, -0.1) is 0 Å². The molecule has 0 saturated carbocycles. The van der Waals surface area contributed by atoms with Crippen LogP contribution in [0.3, 0.4) is 0 Å². The van der Waals surface area contributed by atoms with E-state index < -0.39 is 6.10 Å². The van der Waals surface area contributed by atoms with Gasteiger partial charge in [-0.25, -0.2) is 0 Å². The van der Waals surface area contributed by atoms with E-state index >= 15 is 0 Å². The highest BCUT2D eigenvalue weighted by atomic mass is 79.9. The number of rotatable bonds is 6. The maximum Gasteiger partial charge on any atom is 0.257 e. The summed E-state index contributed by atoms with van der Waals surface area (Å²) in [4.78, 5) is 11.4. The fraction of sp³-hybridized carbons (Fsp3) is 0.462. The molecule has 1 amide bonds. The van der Waals surface area contributed by atoms with Gasteiger partial charge in [0.1, 0.15) is 5.75 Å². The van der Waals surface area contributed by atoms with Crippen LogP contribution in [0.25, 0.3) is 0 Å². The smallest absolute Gasteiger partial charge is 0.257 e. The van der Waals surface area contributed by atoms with E-state index in [0.717, 1.165) is 10.9 Å². The Labute approximate surface area is 115 Å². The lowest BCUT2D eigenvalue weighted by molar-refractivity contribution is -0.123. The molecular formula is C13H18BrNO3. The van der Waals surface area contributed by atoms with Crippen LogP contribution >= 0.6 is 15.9 Å². The van der Waals surface area contributed by atoms with Crippen molar-refractivity contribution >= 4 is 21.8 Å². The monoisotopic (exact) mass is 315 g/mol. The zero-order valence-corrected chi connectivity index (χ0v) is 12.2. The summed E-state index contributed by atoms with van der Waals surface area (Å²) in [6.07, 6.45) is 0.249. The van der Waals surface area contributed by atoms with E-state index in [1.165, 1.54) is 0 Å². The molecule has 0 aromatic heterocycles. The van der Waals surface area contributed by atoms with Crippen molar-refractivity contribution in [2.75, 3.05) is 13.2 Å². The molecule has 1 atom stereocenters. The van der Waals surface area contributed by atoms with Crippen molar-refractivity contribution in [1.82, 2.24) is 5.32 Å². The van der Waals surface area contributed by atoms with Crippen LogP contribution < -0.4 is 10.1 Å². The number of aliphatic hydroxyl groups is 1. The second kappa shape index (κ2) is 7.38. The van der Waals surface area contributed by atoms with Gasteiger partial charge in [0.25, 0.3) is 5.91 Å². The fourth-order valence-electron chi connectivity index (χ4n) is 1.44. The summed E-state index contributed by atoms with van der Waals surface area (Å²) in [5.74, 6) is 0.371. The van der Waals surface area contributed by atoms with Crippen LogP contribution in [-0.2, 0) is 4.79 Å².